The van der Waals surface area contributed by atoms with E-state index in [-0.39, 0.29) is 22.1 Å². The average molecular weight is 285 g/mol. The van der Waals surface area contributed by atoms with Gasteiger partial charge in [0.15, 0.2) is 5.82 Å². The zero-order chi connectivity index (χ0) is 14.0. The van der Waals surface area contributed by atoms with Gasteiger partial charge >= 0.3 is 0 Å². The first-order chi connectivity index (χ1) is 9.01. The molecule has 7 heteroatoms. The van der Waals surface area contributed by atoms with E-state index < -0.39 is 11.6 Å². The molecule has 0 saturated carbocycles. The Balaban J connectivity index is 2.38. The number of halogens is 3. The van der Waals surface area contributed by atoms with Gasteiger partial charge in [-0.25, -0.2) is 13.8 Å². The Labute approximate surface area is 113 Å². The summed E-state index contributed by atoms with van der Waals surface area (Å²) in [6.07, 6.45) is 1.37. The normalized spacial score (nSPS) is 10.4. The topological polar surface area (TPSA) is 49.8 Å². The highest BCUT2D eigenvalue weighted by Crippen LogP contribution is 2.26. The zero-order valence-electron chi connectivity index (χ0n) is 10.3. The van der Waals surface area contributed by atoms with E-state index in [1.165, 1.54) is 13.1 Å². The Morgan fingerprint density at radius 1 is 1.21 bits per heavy atom. The molecule has 0 aliphatic carbocycles. The van der Waals surface area contributed by atoms with Crippen LogP contribution in [0.15, 0.2) is 18.3 Å². The molecular weight excluding hydrogens is 274 g/mol. The van der Waals surface area contributed by atoms with E-state index in [9.17, 15) is 8.78 Å². The molecule has 0 atom stereocenters. The van der Waals surface area contributed by atoms with E-state index in [4.69, 9.17) is 11.6 Å². The maximum atomic E-state index is 13.7. The number of aromatic nitrogens is 2. The summed E-state index contributed by atoms with van der Waals surface area (Å²) in [6.45, 7) is 1.49. The summed E-state index contributed by atoms with van der Waals surface area (Å²) in [5.74, 6) is -0.578. The lowest BCUT2D eigenvalue weighted by molar-refractivity contribution is 0.595. The maximum absolute atomic E-state index is 13.7. The molecule has 0 bridgehead atoms. The van der Waals surface area contributed by atoms with Gasteiger partial charge in [0.05, 0.1) is 11.9 Å². The summed E-state index contributed by atoms with van der Waals surface area (Å²) in [5, 5.41) is 5.58. The number of hydrogen-bond acceptors (Lipinski definition) is 4. The molecule has 0 aliphatic heterocycles. The lowest BCUT2D eigenvalue weighted by Gasteiger charge is -2.10. The summed E-state index contributed by atoms with van der Waals surface area (Å²) in [5.41, 5.74) is 0.193. The molecule has 100 valence electrons. The molecule has 2 N–H and O–H groups in total. The fraction of sp³-hybridized carbons (Fsp3) is 0.167. The van der Waals surface area contributed by atoms with Crippen LogP contribution in [0.3, 0.4) is 0 Å². The van der Waals surface area contributed by atoms with Gasteiger partial charge in [0, 0.05) is 13.1 Å². The smallest absolute Gasteiger partial charge is 0.224 e. The summed E-state index contributed by atoms with van der Waals surface area (Å²) in [7, 11) is 1.64. The van der Waals surface area contributed by atoms with Gasteiger partial charge in [-0.05, 0) is 18.6 Å². The first-order valence-corrected chi connectivity index (χ1v) is 5.82. The number of benzene rings is 1. The van der Waals surface area contributed by atoms with E-state index in [1.807, 2.05) is 0 Å². The van der Waals surface area contributed by atoms with Gasteiger partial charge in [-0.3, -0.25) is 0 Å². The van der Waals surface area contributed by atoms with Gasteiger partial charge < -0.3 is 10.6 Å². The third-order valence-corrected chi connectivity index (χ3v) is 2.75. The van der Waals surface area contributed by atoms with Crippen molar-refractivity contribution in [1.82, 2.24) is 9.97 Å². The quantitative estimate of drug-likeness (QED) is 0.906. The standard InChI is InChI=1S/C12H11ClF2N4/c1-6-3-9(15)10(4-8(6)14)18-11-7(13)5-17-12(16-2)19-11/h3-5H,1-2H3,(H2,16,17,18,19). The predicted molar refractivity (Wildman–Crippen MR) is 71.0 cm³/mol. The summed E-state index contributed by atoms with van der Waals surface area (Å²) >= 11 is 5.90. The Bertz CT molecular complexity index is 619. The summed E-state index contributed by atoms with van der Waals surface area (Å²) in [4.78, 5) is 7.92. The lowest BCUT2D eigenvalue weighted by Crippen LogP contribution is -2.03. The Hall–Kier alpha value is -1.95. The van der Waals surface area contributed by atoms with Crippen LogP contribution in [-0.2, 0) is 0 Å². The highest BCUT2D eigenvalue weighted by molar-refractivity contribution is 6.32. The number of aryl methyl sites for hydroxylation is 1. The molecule has 2 aromatic rings. The predicted octanol–water partition coefficient (Wildman–Crippen LogP) is 3.50. The number of nitrogens with one attached hydrogen (secondary N) is 2. The monoisotopic (exact) mass is 284 g/mol. The minimum Gasteiger partial charge on any atom is -0.357 e. The van der Waals surface area contributed by atoms with Crippen molar-refractivity contribution in [3.63, 3.8) is 0 Å². The van der Waals surface area contributed by atoms with E-state index in [0.29, 0.717) is 5.95 Å². The number of rotatable bonds is 3. The number of hydrogen-bond donors (Lipinski definition) is 2. The van der Waals surface area contributed by atoms with Crippen molar-refractivity contribution in [3.05, 3.63) is 40.6 Å². The lowest BCUT2D eigenvalue weighted by atomic mass is 10.2. The van der Waals surface area contributed by atoms with Crippen molar-refractivity contribution < 1.29 is 8.78 Å². The molecule has 4 nitrogen and oxygen atoms in total. The SMILES string of the molecule is CNc1ncc(Cl)c(Nc2cc(F)c(C)cc2F)n1. The second kappa shape index (κ2) is 5.36. The van der Waals surface area contributed by atoms with Gasteiger partial charge in [0.25, 0.3) is 0 Å². The van der Waals surface area contributed by atoms with Crippen molar-refractivity contribution in [2.45, 2.75) is 6.92 Å². The number of anilines is 3. The van der Waals surface area contributed by atoms with Gasteiger partial charge in [0.2, 0.25) is 5.95 Å². The van der Waals surface area contributed by atoms with Gasteiger partial charge in [-0.1, -0.05) is 11.6 Å². The van der Waals surface area contributed by atoms with Crippen molar-refractivity contribution >= 4 is 29.1 Å². The molecule has 0 spiro atoms. The molecule has 0 fully saturated rings. The molecule has 0 saturated heterocycles. The molecule has 0 radical (unpaired) electrons. The molecule has 1 aromatic heterocycles. The summed E-state index contributed by atoms with van der Waals surface area (Å²) < 4.78 is 27.1. The van der Waals surface area contributed by atoms with Crippen LogP contribution in [-0.4, -0.2) is 17.0 Å². The maximum Gasteiger partial charge on any atom is 0.224 e. The fourth-order valence-corrected chi connectivity index (χ4v) is 1.58. The molecule has 0 aliphatic rings. The van der Waals surface area contributed by atoms with Crippen molar-refractivity contribution in [2.75, 3.05) is 17.7 Å². The van der Waals surface area contributed by atoms with E-state index in [1.54, 1.807) is 7.05 Å². The van der Waals surface area contributed by atoms with E-state index >= 15 is 0 Å². The zero-order valence-corrected chi connectivity index (χ0v) is 11.0. The average Bonchev–Trinajstić information content (AvgIpc) is 2.38. The van der Waals surface area contributed by atoms with Gasteiger partial charge in [-0.15, -0.1) is 0 Å². The Morgan fingerprint density at radius 2 is 1.95 bits per heavy atom. The second-order valence-corrected chi connectivity index (χ2v) is 4.25. The van der Waals surface area contributed by atoms with Gasteiger partial charge in [0.1, 0.15) is 16.7 Å². The first kappa shape index (κ1) is 13.5. The molecule has 0 amide bonds. The molecule has 1 aromatic carbocycles. The van der Waals surface area contributed by atoms with Crippen molar-refractivity contribution in [1.29, 1.82) is 0 Å². The van der Waals surface area contributed by atoms with Crippen molar-refractivity contribution in [2.24, 2.45) is 0 Å². The Morgan fingerprint density at radius 3 is 2.63 bits per heavy atom. The highest BCUT2D eigenvalue weighted by atomic mass is 35.5. The van der Waals surface area contributed by atoms with Crippen LogP contribution >= 0.6 is 11.6 Å². The van der Waals surface area contributed by atoms with Crippen LogP contribution in [0, 0.1) is 18.6 Å². The highest BCUT2D eigenvalue weighted by Gasteiger charge is 2.11. The van der Waals surface area contributed by atoms with Crippen LogP contribution in [0.4, 0.5) is 26.2 Å². The summed E-state index contributed by atoms with van der Waals surface area (Å²) in [6, 6.07) is 2.16. The molecule has 2 rings (SSSR count). The molecule has 1 heterocycles. The Kier molecular flexibility index (Phi) is 3.80. The first-order valence-electron chi connectivity index (χ1n) is 5.44. The van der Waals surface area contributed by atoms with Crippen LogP contribution in [0.5, 0.6) is 0 Å². The minimum absolute atomic E-state index is 0.0363. The van der Waals surface area contributed by atoms with E-state index in [2.05, 4.69) is 20.6 Å². The molecule has 19 heavy (non-hydrogen) atoms. The fourth-order valence-electron chi connectivity index (χ4n) is 1.44. The van der Waals surface area contributed by atoms with Crippen LogP contribution in [0.25, 0.3) is 0 Å². The van der Waals surface area contributed by atoms with Crippen molar-refractivity contribution in [3.8, 4) is 0 Å². The largest absolute Gasteiger partial charge is 0.357 e. The molecular formula is C12H11ClF2N4. The van der Waals surface area contributed by atoms with E-state index in [0.717, 1.165) is 12.1 Å². The van der Waals surface area contributed by atoms with Crippen LogP contribution < -0.4 is 10.6 Å². The molecule has 0 unspecified atom stereocenters. The third-order valence-electron chi connectivity index (χ3n) is 2.47. The minimum atomic E-state index is -0.584. The van der Waals surface area contributed by atoms with Gasteiger partial charge in [-0.2, -0.15) is 4.98 Å². The number of nitrogens with zero attached hydrogens (tertiary/aromatic N) is 2. The second-order valence-electron chi connectivity index (χ2n) is 3.85. The van der Waals surface area contributed by atoms with Crippen LogP contribution in [0.1, 0.15) is 5.56 Å². The third kappa shape index (κ3) is 2.90. The van der Waals surface area contributed by atoms with Crippen LogP contribution in [0.2, 0.25) is 5.02 Å².